The van der Waals surface area contributed by atoms with E-state index >= 15 is 0 Å². The van der Waals surface area contributed by atoms with Crippen LogP contribution in [0.15, 0.2) is 0 Å². The molecule has 18 heavy (non-hydrogen) atoms. The van der Waals surface area contributed by atoms with Gasteiger partial charge in [0.1, 0.15) is 0 Å². The highest BCUT2D eigenvalue weighted by Crippen LogP contribution is 2.25. The maximum absolute atomic E-state index is 11.9. The molecule has 1 rings (SSSR count). The van der Waals surface area contributed by atoms with Crippen molar-refractivity contribution in [2.75, 3.05) is 19.0 Å². The highest BCUT2D eigenvalue weighted by atomic mass is 32.2. The highest BCUT2D eigenvalue weighted by Gasteiger charge is 2.38. The van der Waals surface area contributed by atoms with Crippen molar-refractivity contribution in [3.63, 3.8) is 0 Å². The number of thioether (sulfide) groups is 1. The first-order chi connectivity index (χ1) is 8.22. The zero-order valence-corrected chi connectivity index (χ0v) is 11.9. The van der Waals surface area contributed by atoms with Gasteiger partial charge in [0.15, 0.2) is 0 Å². The van der Waals surface area contributed by atoms with E-state index in [0.29, 0.717) is 18.8 Å². The smallest absolute Gasteiger partial charge is 0.305 e. The molecule has 1 amide bonds. The summed E-state index contributed by atoms with van der Waals surface area (Å²) in [5, 5.41) is 11.7. The average Bonchev–Trinajstić information content (AvgIpc) is 2.61. The quantitative estimate of drug-likeness (QED) is 0.790. The van der Waals surface area contributed by atoms with Crippen LogP contribution in [0.5, 0.6) is 0 Å². The third-order valence-corrected chi connectivity index (χ3v) is 3.91. The summed E-state index contributed by atoms with van der Waals surface area (Å²) in [4.78, 5) is 22.7. The molecule has 1 aliphatic heterocycles. The lowest BCUT2D eigenvalue weighted by atomic mass is 9.94. The minimum atomic E-state index is -0.913. The Labute approximate surface area is 112 Å². The van der Waals surface area contributed by atoms with Crippen LogP contribution >= 0.6 is 11.8 Å². The summed E-state index contributed by atoms with van der Waals surface area (Å²) in [5.41, 5.74) is -0.721. The van der Waals surface area contributed by atoms with E-state index in [1.165, 1.54) is 0 Å². The Kier molecular flexibility index (Phi) is 5.04. The van der Waals surface area contributed by atoms with Gasteiger partial charge in [-0.25, -0.2) is 0 Å². The number of hydrogen-bond acceptors (Lipinski definition) is 4. The van der Waals surface area contributed by atoms with E-state index in [2.05, 4.69) is 5.32 Å². The second kappa shape index (κ2) is 5.93. The maximum atomic E-state index is 11.9. The Bertz CT molecular complexity index is 319. The molecule has 0 aromatic rings. The molecule has 5 nitrogen and oxygen atoms in total. The minimum Gasteiger partial charge on any atom is -0.481 e. The molecule has 0 aliphatic carbocycles. The summed E-state index contributed by atoms with van der Waals surface area (Å²) in [6, 6.07) is 0. The van der Waals surface area contributed by atoms with E-state index in [0.717, 1.165) is 0 Å². The number of aliphatic carboxylic acids is 1. The molecule has 0 saturated carbocycles. The van der Waals surface area contributed by atoms with Crippen molar-refractivity contribution in [2.24, 2.45) is 0 Å². The molecule has 0 aromatic heterocycles. The molecule has 1 heterocycles. The molecule has 0 radical (unpaired) electrons. The van der Waals surface area contributed by atoms with E-state index < -0.39 is 11.5 Å². The maximum Gasteiger partial charge on any atom is 0.305 e. The second-order valence-electron chi connectivity index (χ2n) is 5.60. The molecule has 6 heteroatoms. The lowest BCUT2D eigenvalue weighted by Gasteiger charge is -2.27. The summed E-state index contributed by atoms with van der Waals surface area (Å²) in [5.74, 6) is -0.698. The number of ether oxygens (including phenoxy) is 1. The van der Waals surface area contributed by atoms with Crippen LogP contribution in [0.1, 0.15) is 33.6 Å². The second-order valence-corrected chi connectivity index (χ2v) is 7.40. The number of nitrogens with one attached hydrogen (secondary N) is 1. The standard InChI is InChI=1S/C12H21NO4S/c1-11(2,3)18-7-9(14)13-12(6-10(15)16)4-5-17-8-12/h4-8H2,1-3H3,(H,13,14)(H,15,16). The van der Waals surface area contributed by atoms with Gasteiger partial charge in [-0.15, -0.1) is 11.8 Å². The molecule has 0 spiro atoms. The summed E-state index contributed by atoms with van der Waals surface area (Å²) >= 11 is 1.54. The first-order valence-electron chi connectivity index (χ1n) is 5.97. The van der Waals surface area contributed by atoms with Crippen LogP contribution in [0.3, 0.4) is 0 Å². The van der Waals surface area contributed by atoms with Gasteiger partial charge in [-0.05, 0) is 6.42 Å². The monoisotopic (exact) mass is 275 g/mol. The fourth-order valence-corrected chi connectivity index (χ4v) is 2.43. The molecule has 1 unspecified atom stereocenters. The zero-order valence-electron chi connectivity index (χ0n) is 11.1. The molecule has 0 aromatic carbocycles. The highest BCUT2D eigenvalue weighted by molar-refractivity contribution is 8.01. The molecule has 1 fully saturated rings. The van der Waals surface area contributed by atoms with Crippen molar-refractivity contribution in [3.05, 3.63) is 0 Å². The van der Waals surface area contributed by atoms with Gasteiger partial charge in [-0.2, -0.15) is 0 Å². The van der Waals surface area contributed by atoms with Crippen molar-refractivity contribution in [2.45, 2.75) is 43.9 Å². The lowest BCUT2D eigenvalue weighted by Crippen LogP contribution is -2.51. The zero-order chi connectivity index (χ0) is 13.8. The summed E-state index contributed by atoms with van der Waals surface area (Å²) in [6.45, 7) is 6.90. The van der Waals surface area contributed by atoms with E-state index in [9.17, 15) is 9.59 Å². The number of amides is 1. The van der Waals surface area contributed by atoms with Crippen LogP contribution in [0.25, 0.3) is 0 Å². The number of carboxylic acid groups (broad SMARTS) is 1. The summed E-state index contributed by atoms with van der Waals surface area (Å²) in [7, 11) is 0. The van der Waals surface area contributed by atoms with Crippen molar-refractivity contribution < 1.29 is 19.4 Å². The topological polar surface area (TPSA) is 75.6 Å². The predicted molar refractivity (Wildman–Crippen MR) is 70.8 cm³/mol. The Morgan fingerprint density at radius 1 is 1.44 bits per heavy atom. The molecular formula is C12H21NO4S. The van der Waals surface area contributed by atoms with Gasteiger partial charge >= 0.3 is 5.97 Å². The van der Waals surface area contributed by atoms with Crippen molar-refractivity contribution in [1.29, 1.82) is 0 Å². The lowest BCUT2D eigenvalue weighted by molar-refractivity contribution is -0.139. The number of hydrogen-bond donors (Lipinski definition) is 2. The predicted octanol–water partition coefficient (Wildman–Crippen LogP) is 1.27. The summed E-state index contributed by atoms with van der Waals surface area (Å²) in [6.07, 6.45) is 0.476. The van der Waals surface area contributed by atoms with Gasteiger partial charge in [0.05, 0.1) is 24.3 Å². The molecule has 1 atom stereocenters. The number of carbonyl (C=O) groups is 2. The Morgan fingerprint density at radius 2 is 2.11 bits per heavy atom. The van der Waals surface area contributed by atoms with Gasteiger partial charge in [0.2, 0.25) is 5.91 Å². The van der Waals surface area contributed by atoms with E-state index in [4.69, 9.17) is 9.84 Å². The van der Waals surface area contributed by atoms with Crippen molar-refractivity contribution in [1.82, 2.24) is 5.32 Å². The van der Waals surface area contributed by atoms with Gasteiger partial charge in [0.25, 0.3) is 0 Å². The number of rotatable bonds is 5. The molecule has 1 saturated heterocycles. The first kappa shape index (κ1) is 15.3. The van der Waals surface area contributed by atoms with Crippen LogP contribution in [0.4, 0.5) is 0 Å². The fraction of sp³-hybridized carbons (Fsp3) is 0.833. The minimum absolute atomic E-state index is 0.0173. The Balaban J connectivity index is 2.51. The van der Waals surface area contributed by atoms with Crippen LogP contribution < -0.4 is 5.32 Å². The van der Waals surface area contributed by atoms with E-state index in [1.54, 1.807) is 11.8 Å². The number of carbonyl (C=O) groups excluding carboxylic acids is 1. The average molecular weight is 275 g/mol. The van der Waals surface area contributed by atoms with Crippen LogP contribution in [-0.2, 0) is 14.3 Å². The summed E-state index contributed by atoms with van der Waals surface area (Å²) < 4.78 is 5.24. The fourth-order valence-electron chi connectivity index (χ4n) is 1.79. The SMILES string of the molecule is CC(C)(C)SCC(=O)NC1(CC(=O)O)CCOC1. The third kappa shape index (κ3) is 5.27. The van der Waals surface area contributed by atoms with Gasteiger partial charge in [-0.3, -0.25) is 9.59 Å². The van der Waals surface area contributed by atoms with Gasteiger partial charge in [0, 0.05) is 11.4 Å². The molecule has 2 N–H and O–H groups in total. The Morgan fingerprint density at radius 3 is 2.56 bits per heavy atom. The Hall–Kier alpha value is -0.750. The van der Waals surface area contributed by atoms with E-state index in [-0.39, 0.29) is 23.7 Å². The van der Waals surface area contributed by atoms with Crippen LogP contribution in [-0.4, -0.2) is 46.2 Å². The molecule has 104 valence electrons. The normalized spacial score (nSPS) is 23.9. The van der Waals surface area contributed by atoms with Crippen molar-refractivity contribution in [3.8, 4) is 0 Å². The molecular weight excluding hydrogens is 254 g/mol. The first-order valence-corrected chi connectivity index (χ1v) is 6.96. The largest absolute Gasteiger partial charge is 0.481 e. The number of carboxylic acids is 1. The molecule has 0 bridgehead atoms. The van der Waals surface area contributed by atoms with Crippen molar-refractivity contribution >= 4 is 23.6 Å². The van der Waals surface area contributed by atoms with Gasteiger partial charge in [-0.1, -0.05) is 20.8 Å². The van der Waals surface area contributed by atoms with E-state index in [1.807, 2.05) is 20.8 Å². The van der Waals surface area contributed by atoms with Crippen LogP contribution in [0.2, 0.25) is 0 Å². The third-order valence-electron chi connectivity index (χ3n) is 2.63. The van der Waals surface area contributed by atoms with Gasteiger partial charge < -0.3 is 15.2 Å². The molecule has 1 aliphatic rings. The van der Waals surface area contributed by atoms with Crippen LogP contribution in [0, 0.1) is 0 Å².